The summed E-state index contributed by atoms with van der Waals surface area (Å²) < 4.78 is 1.69. The SMILES string of the molecule is CNC(C(=O)NCC(C)(C)N(C)C)c1cnn(C)c1.Cl.Cl. The van der Waals surface area contributed by atoms with E-state index in [4.69, 9.17) is 0 Å². The number of nitrogens with one attached hydrogen (secondary N) is 2. The minimum absolute atomic E-state index is 0. The second kappa shape index (κ2) is 9.25. The number of aromatic nitrogens is 2. The van der Waals surface area contributed by atoms with Crippen LogP contribution in [0.5, 0.6) is 0 Å². The highest BCUT2D eigenvalue weighted by molar-refractivity contribution is 5.85. The highest BCUT2D eigenvalue weighted by Crippen LogP contribution is 2.13. The van der Waals surface area contributed by atoms with Crippen molar-refractivity contribution in [3.63, 3.8) is 0 Å². The fraction of sp³-hybridized carbons (Fsp3) is 0.692. The fourth-order valence-electron chi connectivity index (χ4n) is 1.60. The molecule has 2 N–H and O–H groups in total. The Labute approximate surface area is 139 Å². The minimum Gasteiger partial charge on any atom is -0.353 e. The number of likely N-dealkylation sites (N-methyl/N-ethyl adjacent to an activating group) is 2. The van der Waals surface area contributed by atoms with Gasteiger partial charge in [-0.25, -0.2) is 0 Å². The normalized spacial score (nSPS) is 12.3. The van der Waals surface area contributed by atoms with E-state index in [0.717, 1.165) is 5.56 Å². The third kappa shape index (κ3) is 6.22. The molecule has 0 saturated carbocycles. The standard InChI is InChI=1S/C13H25N5O.2ClH/c1-13(2,17(4)5)9-15-12(19)11(14-3)10-7-16-18(6)8-10;;/h7-8,11,14H,9H2,1-6H3,(H,15,19);2*1H. The lowest BCUT2D eigenvalue weighted by Gasteiger charge is -2.33. The molecule has 0 spiro atoms. The first-order valence-corrected chi connectivity index (χ1v) is 6.39. The van der Waals surface area contributed by atoms with Gasteiger partial charge in [0.15, 0.2) is 0 Å². The molecule has 0 radical (unpaired) electrons. The Bertz CT molecular complexity index is 434. The summed E-state index contributed by atoms with van der Waals surface area (Å²) in [5.74, 6) is -0.0366. The molecule has 1 heterocycles. The predicted octanol–water partition coefficient (Wildman–Crippen LogP) is 0.981. The maximum atomic E-state index is 12.2. The Morgan fingerprint density at radius 3 is 2.38 bits per heavy atom. The minimum atomic E-state index is -0.369. The van der Waals surface area contributed by atoms with Crippen LogP contribution in [-0.4, -0.2) is 53.8 Å². The molecule has 8 heteroatoms. The van der Waals surface area contributed by atoms with E-state index < -0.39 is 0 Å². The van der Waals surface area contributed by atoms with Gasteiger partial charge in [-0.05, 0) is 35.0 Å². The molecular formula is C13H27Cl2N5O. The zero-order chi connectivity index (χ0) is 14.6. The first-order valence-electron chi connectivity index (χ1n) is 6.39. The quantitative estimate of drug-likeness (QED) is 0.811. The van der Waals surface area contributed by atoms with Crippen LogP contribution in [0, 0.1) is 0 Å². The zero-order valence-corrected chi connectivity index (χ0v) is 15.1. The monoisotopic (exact) mass is 339 g/mol. The highest BCUT2D eigenvalue weighted by atomic mass is 35.5. The summed E-state index contributed by atoms with van der Waals surface area (Å²) in [6, 6.07) is -0.369. The van der Waals surface area contributed by atoms with Crippen LogP contribution in [0.15, 0.2) is 12.4 Å². The highest BCUT2D eigenvalue weighted by Gasteiger charge is 2.25. The second-order valence-electron chi connectivity index (χ2n) is 5.59. The molecule has 1 atom stereocenters. The largest absolute Gasteiger partial charge is 0.353 e. The smallest absolute Gasteiger partial charge is 0.241 e. The van der Waals surface area contributed by atoms with E-state index in [0.29, 0.717) is 6.54 Å². The molecular weight excluding hydrogens is 313 g/mol. The molecule has 0 aliphatic rings. The summed E-state index contributed by atoms with van der Waals surface area (Å²) in [6.45, 7) is 4.77. The number of nitrogens with zero attached hydrogens (tertiary/aromatic N) is 3. The number of halogens is 2. The van der Waals surface area contributed by atoms with Gasteiger partial charge in [0.25, 0.3) is 0 Å². The average Bonchev–Trinajstić information content (AvgIpc) is 2.74. The number of amides is 1. The zero-order valence-electron chi connectivity index (χ0n) is 13.5. The van der Waals surface area contributed by atoms with E-state index in [-0.39, 0.29) is 42.3 Å². The maximum Gasteiger partial charge on any atom is 0.241 e. The van der Waals surface area contributed by atoms with Crippen LogP contribution in [0.4, 0.5) is 0 Å². The molecule has 0 fully saturated rings. The Morgan fingerprint density at radius 1 is 1.43 bits per heavy atom. The molecule has 0 saturated heterocycles. The van der Waals surface area contributed by atoms with Crippen molar-refractivity contribution in [3.8, 4) is 0 Å². The molecule has 1 unspecified atom stereocenters. The van der Waals surface area contributed by atoms with Crippen molar-refractivity contribution >= 4 is 30.7 Å². The van der Waals surface area contributed by atoms with E-state index in [2.05, 4.69) is 34.5 Å². The molecule has 6 nitrogen and oxygen atoms in total. The van der Waals surface area contributed by atoms with Crippen LogP contribution in [-0.2, 0) is 11.8 Å². The van der Waals surface area contributed by atoms with Crippen molar-refractivity contribution in [3.05, 3.63) is 18.0 Å². The van der Waals surface area contributed by atoms with Gasteiger partial charge in [0.05, 0.1) is 6.20 Å². The number of carbonyl (C=O) groups excluding carboxylic acids is 1. The fourth-order valence-corrected chi connectivity index (χ4v) is 1.60. The number of carbonyl (C=O) groups is 1. The summed E-state index contributed by atoms with van der Waals surface area (Å²) >= 11 is 0. The van der Waals surface area contributed by atoms with Crippen LogP contribution >= 0.6 is 24.8 Å². The van der Waals surface area contributed by atoms with Gasteiger partial charge in [0, 0.05) is 30.9 Å². The maximum absolute atomic E-state index is 12.2. The lowest BCUT2D eigenvalue weighted by atomic mass is 10.0. The van der Waals surface area contributed by atoms with Crippen LogP contribution in [0.2, 0.25) is 0 Å². The van der Waals surface area contributed by atoms with Crippen LogP contribution in [0.3, 0.4) is 0 Å². The predicted molar refractivity (Wildman–Crippen MR) is 90.3 cm³/mol. The summed E-state index contributed by atoms with van der Waals surface area (Å²) in [5, 5.41) is 10.1. The van der Waals surface area contributed by atoms with E-state index in [1.807, 2.05) is 27.3 Å². The van der Waals surface area contributed by atoms with Crippen molar-refractivity contribution in [1.29, 1.82) is 0 Å². The van der Waals surface area contributed by atoms with Gasteiger partial charge in [0.1, 0.15) is 6.04 Å². The van der Waals surface area contributed by atoms with Gasteiger partial charge < -0.3 is 15.5 Å². The van der Waals surface area contributed by atoms with E-state index in [9.17, 15) is 4.79 Å². The third-order valence-corrected chi connectivity index (χ3v) is 3.51. The van der Waals surface area contributed by atoms with Gasteiger partial charge in [-0.15, -0.1) is 24.8 Å². The average molecular weight is 340 g/mol. The number of rotatable bonds is 6. The summed E-state index contributed by atoms with van der Waals surface area (Å²) in [5.41, 5.74) is 0.785. The second-order valence-corrected chi connectivity index (χ2v) is 5.59. The van der Waals surface area contributed by atoms with E-state index >= 15 is 0 Å². The molecule has 1 aromatic rings. The van der Waals surface area contributed by atoms with Crippen molar-refractivity contribution < 1.29 is 4.79 Å². The van der Waals surface area contributed by atoms with Crippen LogP contribution < -0.4 is 10.6 Å². The molecule has 21 heavy (non-hydrogen) atoms. The molecule has 1 rings (SSSR count). The molecule has 0 bridgehead atoms. The molecule has 124 valence electrons. The van der Waals surface area contributed by atoms with Crippen LogP contribution in [0.25, 0.3) is 0 Å². The first kappa shape index (κ1) is 22.5. The Balaban J connectivity index is 0. The van der Waals surface area contributed by atoms with Gasteiger partial charge >= 0.3 is 0 Å². The molecule has 0 aliphatic carbocycles. The van der Waals surface area contributed by atoms with Gasteiger partial charge in [-0.2, -0.15) is 5.10 Å². The van der Waals surface area contributed by atoms with Gasteiger partial charge in [-0.1, -0.05) is 0 Å². The van der Waals surface area contributed by atoms with Crippen molar-refractivity contribution in [2.24, 2.45) is 7.05 Å². The number of hydrogen-bond donors (Lipinski definition) is 2. The van der Waals surface area contributed by atoms with E-state index in [1.165, 1.54) is 0 Å². The molecule has 1 amide bonds. The lowest BCUT2D eigenvalue weighted by molar-refractivity contribution is -0.123. The van der Waals surface area contributed by atoms with Crippen LogP contribution in [0.1, 0.15) is 25.5 Å². The molecule has 1 aromatic heterocycles. The van der Waals surface area contributed by atoms with Crippen molar-refractivity contribution in [2.45, 2.75) is 25.4 Å². The Hall–Kier alpha value is -0.820. The summed E-state index contributed by atoms with van der Waals surface area (Å²) in [6.07, 6.45) is 3.55. The lowest BCUT2D eigenvalue weighted by Crippen LogP contribution is -2.50. The Kier molecular flexibility index (Phi) is 9.89. The number of aryl methyl sites for hydroxylation is 1. The molecule has 0 aliphatic heterocycles. The number of hydrogen-bond acceptors (Lipinski definition) is 4. The Morgan fingerprint density at radius 2 is 2.00 bits per heavy atom. The first-order chi connectivity index (χ1) is 8.77. The topological polar surface area (TPSA) is 62.2 Å². The van der Waals surface area contributed by atoms with Crippen molar-refractivity contribution in [1.82, 2.24) is 25.3 Å². The summed E-state index contributed by atoms with van der Waals surface area (Å²) in [4.78, 5) is 14.3. The van der Waals surface area contributed by atoms with E-state index in [1.54, 1.807) is 17.9 Å². The molecule has 0 aromatic carbocycles. The third-order valence-electron chi connectivity index (χ3n) is 3.51. The van der Waals surface area contributed by atoms with Gasteiger partial charge in [0.2, 0.25) is 5.91 Å². The summed E-state index contributed by atoms with van der Waals surface area (Å²) in [7, 11) is 7.61. The van der Waals surface area contributed by atoms with Gasteiger partial charge in [-0.3, -0.25) is 9.48 Å². The van der Waals surface area contributed by atoms with Crippen molar-refractivity contribution in [2.75, 3.05) is 27.7 Å².